The van der Waals surface area contributed by atoms with E-state index in [2.05, 4.69) is 59.9 Å². The summed E-state index contributed by atoms with van der Waals surface area (Å²) in [7, 11) is 3.78. The van der Waals surface area contributed by atoms with Crippen LogP contribution in [-0.2, 0) is 13.0 Å². The number of benzene rings is 2. The molecule has 2 aromatic rings. The summed E-state index contributed by atoms with van der Waals surface area (Å²) in [5, 5.41) is 3.46. The second kappa shape index (κ2) is 10.7. The molecule has 0 aliphatic heterocycles. The maximum atomic E-state index is 6.17. The molecule has 0 aliphatic carbocycles. The minimum absolute atomic E-state index is 0.233. The molecular formula is C18H24N2S2. The summed E-state index contributed by atoms with van der Waals surface area (Å²) < 4.78 is 0. The number of nitrogens with one attached hydrogen (secondary N) is 1. The van der Waals surface area contributed by atoms with Gasteiger partial charge in [0.05, 0.1) is 0 Å². The van der Waals surface area contributed by atoms with Crippen LogP contribution in [0.2, 0.25) is 0 Å². The van der Waals surface area contributed by atoms with Crippen molar-refractivity contribution in [3.8, 4) is 0 Å². The lowest BCUT2D eigenvalue weighted by atomic mass is 10.1. The predicted octanol–water partition coefficient (Wildman–Crippen LogP) is 3.73. The van der Waals surface area contributed by atoms with E-state index in [9.17, 15) is 0 Å². The molecule has 0 amide bonds. The van der Waals surface area contributed by atoms with E-state index in [-0.39, 0.29) is 6.04 Å². The van der Waals surface area contributed by atoms with Crippen LogP contribution >= 0.6 is 21.6 Å². The minimum Gasteiger partial charge on any atom is -0.327 e. The topological polar surface area (TPSA) is 38.0 Å². The molecule has 0 saturated carbocycles. The average Bonchev–Trinajstić information content (AvgIpc) is 2.56. The summed E-state index contributed by atoms with van der Waals surface area (Å²) in [6, 6.07) is 21.2. The van der Waals surface area contributed by atoms with Gasteiger partial charge in [0.15, 0.2) is 0 Å². The normalized spacial score (nSPS) is 12.2. The number of hydrogen-bond acceptors (Lipinski definition) is 4. The van der Waals surface area contributed by atoms with Crippen molar-refractivity contribution < 1.29 is 0 Å². The van der Waals surface area contributed by atoms with Crippen molar-refractivity contribution in [2.45, 2.75) is 19.0 Å². The maximum absolute atomic E-state index is 6.17. The summed E-state index contributed by atoms with van der Waals surface area (Å²) >= 11 is 0. The van der Waals surface area contributed by atoms with Gasteiger partial charge in [0, 0.05) is 30.6 Å². The van der Waals surface area contributed by atoms with Crippen LogP contribution in [0.3, 0.4) is 0 Å². The van der Waals surface area contributed by atoms with Crippen LogP contribution in [0.1, 0.15) is 11.1 Å². The Morgan fingerprint density at radius 1 is 0.864 bits per heavy atom. The van der Waals surface area contributed by atoms with Gasteiger partial charge in [-0.05, 0) is 17.5 Å². The van der Waals surface area contributed by atoms with E-state index in [1.54, 1.807) is 0 Å². The standard InChI is InChI=1S/C18H24N2S2/c19-18(13-16-7-3-1-4-8-16)15-22-21-12-11-20-14-17-9-5-2-6-10-17/h1-10,18,20H,11-15,19H2/t18-/m1/s1. The van der Waals surface area contributed by atoms with Crippen LogP contribution in [-0.4, -0.2) is 24.1 Å². The van der Waals surface area contributed by atoms with Gasteiger partial charge >= 0.3 is 0 Å². The number of hydrogen-bond donors (Lipinski definition) is 2. The highest BCUT2D eigenvalue weighted by Crippen LogP contribution is 2.21. The van der Waals surface area contributed by atoms with E-state index in [4.69, 9.17) is 5.73 Å². The van der Waals surface area contributed by atoms with Crippen LogP contribution < -0.4 is 11.1 Å². The first-order valence-corrected chi connectivity index (χ1v) is 10.1. The highest BCUT2D eigenvalue weighted by Gasteiger charge is 2.04. The molecule has 22 heavy (non-hydrogen) atoms. The molecule has 0 radical (unpaired) electrons. The lowest BCUT2D eigenvalue weighted by Gasteiger charge is -2.11. The Balaban J connectivity index is 1.47. The molecule has 4 heteroatoms. The number of nitrogens with two attached hydrogens (primary N) is 1. The molecule has 0 fully saturated rings. The van der Waals surface area contributed by atoms with Gasteiger partial charge in [0.1, 0.15) is 0 Å². The van der Waals surface area contributed by atoms with E-state index >= 15 is 0 Å². The summed E-state index contributed by atoms with van der Waals surface area (Å²) in [6.45, 7) is 1.97. The van der Waals surface area contributed by atoms with E-state index in [1.165, 1.54) is 11.1 Å². The average molecular weight is 333 g/mol. The molecule has 2 aromatic carbocycles. The van der Waals surface area contributed by atoms with Crippen LogP contribution in [0.4, 0.5) is 0 Å². The highest BCUT2D eigenvalue weighted by molar-refractivity contribution is 8.76. The van der Waals surface area contributed by atoms with Gasteiger partial charge in [0.2, 0.25) is 0 Å². The Kier molecular flexibility index (Phi) is 8.49. The zero-order valence-corrected chi connectivity index (χ0v) is 14.4. The summed E-state index contributed by atoms with van der Waals surface area (Å²) in [6.07, 6.45) is 0.959. The number of rotatable bonds is 10. The van der Waals surface area contributed by atoms with Crippen LogP contribution in [0.5, 0.6) is 0 Å². The SMILES string of the molecule is N[C@@H](CSSCCNCc1ccccc1)Cc1ccccc1. The molecule has 0 aromatic heterocycles. The van der Waals surface area contributed by atoms with Crippen LogP contribution in [0.15, 0.2) is 60.7 Å². The summed E-state index contributed by atoms with van der Waals surface area (Å²) in [4.78, 5) is 0. The third kappa shape index (κ3) is 7.36. The smallest absolute Gasteiger partial charge is 0.0205 e. The van der Waals surface area contributed by atoms with E-state index < -0.39 is 0 Å². The highest BCUT2D eigenvalue weighted by atomic mass is 33.1. The molecule has 3 N–H and O–H groups in total. The zero-order chi connectivity index (χ0) is 15.5. The van der Waals surface area contributed by atoms with E-state index in [1.807, 2.05) is 27.7 Å². The third-order valence-electron chi connectivity index (χ3n) is 3.24. The second-order valence-electron chi connectivity index (χ2n) is 5.22. The van der Waals surface area contributed by atoms with Gasteiger partial charge in [-0.25, -0.2) is 0 Å². The van der Waals surface area contributed by atoms with Crippen molar-refractivity contribution in [1.82, 2.24) is 5.32 Å². The second-order valence-corrected chi connectivity index (χ2v) is 7.85. The first kappa shape index (κ1) is 17.4. The molecule has 0 unspecified atom stereocenters. The van der Waals surface area contributed by atoms with Crippen molar-refractivity contribution in [3.05, 3.63) is 71.8 Å². The molecule has 0 bridgehead atoms. The quantitative estimate of drug-likeness (QED) is 0.514. The van der Waals surface area contributed by atoms with Gasteiger partial charge in [-0.3, -0.25) is 0 Å². The Labute approximate surface area is 141 Å². The fraction of sp³-hybridized carbons (Fsp3) is 0.333. The Morgan fingerprint density at radius 3 is 2.18 bits per heavy atom. The molecule has 2 nitrogen and oxygen atoms in total. The van der Waals surface area contributed by atoms with Crippen LogP contribution in [0.25, 0.3) is 0 Å². The first-order chi connectivity index (χ1) is 10.8. The Morgan fingerprint density at radius 2 is 1.50 bits per heavy atom. The van der Waals surface area contributed by atoms with Gasteiger partial charge in [-0.15, -0.1) is 0 Å². The van der Waals surface area contributed by atoms with Gasteiger partial charge in [-0.1, -0.05) is 82.3 Å². The summed E-state index contributed by atoms with van der Waals surface area (Å²) in [5.41, 5.74) is 8.84. The lowest BCUT2D eigenvalue weighted by Crippen LogP contribution is -2.25. The zero-order valence-electron chi connectivity index (χ0n) is 12.8. The molecule has 0 heterocycles. The van der Waals surface area contributed by atoms with E-state index in [0.29, 0.717) is 0 Å². The fourth-order valence-corrected chi connectivity index (χ4v) is 4.26. The first-order valence-electron chi connectivity index (χ1n) is 7.63. The third-order valence-corrected chi connectivity index (χ3v) is 5.75. The monoisotopic (exact) mass is 332 g/mol. The largest absolute Gasteiger partial charge is 0.327 e. The van der Waals surface area contributed by atoms with Crippen molar-refractivity contribution in [1.29, 1.82) is 0 Å². The molecular weight excluding hydrogens is 308 g/mol. The van der Waals surface area contributed by atoms with Crippen molar-refractivity contribution in [2.75, 3.05) is 18.1 Å². The van der Waals surface area contributed by atoms with Crippen LogP contribution in [0, 0.1) is 0 Å². The van der Waals surface area contributed by atoms with Gasteiger partial charge in [0.25, 0.3) is 0 Å². The molecule has 1 atom stereocenters. The minimum atomic E-state index is 0.233. The predicted molar refractivity (Wildman–Crippen MR) is 101 cm³/mol. The fourth-order valence-electron chi connectivity index (χ4n) is 2.11. The molecule has 118 valence electrons. The molecule has 0 saturated heterocycles. The van der Waals surface area contributed by atoms with Crippen molar-refractivity contribution in [3.63, 3.8) is 0 Å². The lowest BCUT2D eigenvalue weighted by molar-refractivity contribution is 0.732. The summed E-state index contributed by atoms with van der Waals surface area (Å²) in [5.74, 6) is 2.10. The van der Waals surface area contributed by atoms with Gasteiger partial charge in [-0.2, -0.15) is 0 Å². The van der Waals surface area contributed by atoms with Crippen molar-refractivity contribution >= 4 is 21.6 Å². The molecule has 2 rings (SSSR count). The van der Waals surface area contributed by atoms with E-state index in [0.717, 1.165) is 31.0 Å². The van der Waals surface area contributed by atoms with Crippen molar-refractivity contribution in [2.24, 2.45) is 5.73 Å². The maximum Gasteiger partial charge on any atom is 0.0205 e. The van der Waals surface area contributed by atoms with Gasteiger partial charge < -0.3 is 11.1 Å². The Bertz CT molecular complexity index is 505. The molecule has 0 aliphatic rings. The molecule has 0 spiro atoms. The Hall–Kier alpha value is -0.940.